The third kappa shape index (κ3) is 5.88. The largest absolute Gasteiger partial charge is 0.451 e. The molecule has 4 heterocycles. The van der Waals surface area contributed by atoms with Crippen molar-refractivity contribution >= 4 is 39.4 Å². The van der Waals surface area contributed by atoms with Crippen LogP contribution in [-0.4, -0.2) is 77.3 Å². The number of nitrogens with zero attached hydrogens (tertiary/aromatic N) is 3. The number of rotatable bonds is 6. The maximum Gasteiger partial charge on any atom is 0.407 e. The van der Waals surface area contributed by atoms with E-state index in [-0.39, 0.29) is 35.0 Å². The van der Waals surface area contributed by atoms with Gasteiger partial charge >= 0.3 is 6.09 Å². The second kappa shape index (κ2) is 11.9. The van der Waals surface area contributed by atoms with Crippen molar-refractivity contribution < 1.29 is 23.5 Å². The van der Waals surface area contributed by atoms with Crippen LogP contribution in [0, 0.1) is 5.82 Å². The number of amides is 2. The van der Waals surface area contributed by atoms with E-state index in [2.05, 4.69) is 22.6 Å². The lowest BCUT2D eigenvalue weighted by molar-refractivity contribution is 0.0502. The van der Waals surface area contributed by atoms with Crippen molar-refractivity contribution in [3.63, 3.8) is 0 Å². The van der Waals surface area contributed by atoms with Crippen LogP contribution >= 0.6 is 0 Å². The predicted octanol–water partition coefficient (Wildman–Crippen LogP) is 6.02. The number of carbonyl (C=O) groups is 2. The summed E-state index contributed by atoms with van der Waals surface area (Å²) >= 11 is 0. The minimum atomic E-state index is -0.652. The van der Waals surface area contributed by atoms with Crippen LogP contribution in [0.1, 0.15) is 56.8 Å². The van der Waals surface area contributed by atoms with E-state index < -0.39 is 28.8 Å². The molecule has 2 amide bonds. The molecule has 1 aromatic heterocycles. The van der Waals surface area contributed by atoms with E-state index in [1.165, 1.54) is 6.07 Å². The zero-order valence-electron chi connectivity index (χ0n) is 27.2. The number of anilines is 1. The van der Waals surface area contributed by atoms with E-state index in [0.717, 1.165) is 36.6 Å². The average molecular weight is 642 g/mol. The fraction of sp³-hybridized carbons (Fsp3) is 0.417. The summed E-state index contributed by atoms with van der Waals surface area (Å²) in [5.41, 5.74) is -0.0576. The van der Waals surface area contributed by atoms with Crippen LogP contribution in [0.15, 0.2) is 53.5 Å². The fourth-order valence-electron chi connectivity index (χ4n) is 7.03. The van der Waals surface area contributed by atoms with Gasteiger partial charge in [-0.1, -0.05) is 24.3 Å². The molecule has 0 bridgehead atoms. The molecule has 3 aliphatic heterocycles. The summed E-state index contributed by atoms with van der Waals surface area (Å²) in [4.78, 5) is 44.2. The summed E-state index contributed by atoms with van der Waals surface area (Å²) in [5.74, 6) is -0.381. The highest BCUT2D eigenvalue weighted by Crippen LogP contribution is 2.46. The third-order valence-electron chi connectivity index (χ3n) is 9.37. The highest BCUT2D eigenvalue weighted by Gasteiger charge is 2.34. The number of carbonyl (C=O) groups excluding carboxylic acids is 2. The first kappa shape index (κ1) is 31.0. The number of hydrogen-bond acceptors (Lipinski definition) is 7. The monoisotopic (exact) mass is 641 g/mol. The fourth-order valence-corrected chi connectivity index (χ4v) is 7.03. The normalized spacial score (nSPS) is 19.1. The number of fused-ring (bicyclic) bond motifs is 3. The van der Waals surface area contributed by atoms with Gasteiger partial charge in [-0.2, -0.15) is 0 Å². The van der Waals surface area contributed by atoms with Gasteiger partial charge in [-0.05, 0) is 89.0 Å². The zero-order valence-corrected chi connectivity index (χ0v) is 27.2. The van der Waals surface area contributed by atoms with E-state index >= 15 is 4.39 Å². The summed E-state index contributed by atoms with van der Waals surface area (Å²) in [5, 5.41) is 8.05. The quantitative estimate of drug-likeness (QED) is 0.234. The van der Waals surface area contributed by atoms with Crippen LogP contribution in [-0.2, 0) is 4.74 Å². The highest BCUT2D eigenvalue weighted by molar-refractivity contribution is 6.02. The van der Waals surface area contributed by atoms with Gasteiger partial charge in [0.1, 0.15) is 22.4 Å². The van der Waals surface area contributed by atoms with Crippen LogP contribution < -0.4 is 20.8 Å². The number of halogens is 1. The first-order chi connectivity index (χ1) is 22.5. The SMILES string of the molecule is CN1CCCC1CCNc1c(F)cc2c(=O)c(C(=O)N3CC[C@@H](NC(=O)OC(C)(C)C)C3)cn3c2c1Oc1cc2ccccc2cc1-3. The van der Waals surface area contributed by atoms with Gasteiger partial charge in [-0.25, -0.2) is 9.18 Å². The topological polar surface area (TPSA) is 105 Å². The molecule has 47 heavy (non-hydrogen) atoms. The van der Waals surface area contributed by atoms with Crippen molar-refractivity contribution in [2.75, 3.05) is 38.5 Å². The lowest BCUT2D eigenvalue weighted by Crippen LogP contribution is -2.41. The number of pyridine rings is 1. The van der Waals surface area contributed by atoms with Crippen molar-refractivity contribution in [2.24, 2.45) is 0 Å². The molecule has 2 saturated heterocycles. The highest BCUT2D eigenvalue weighted by atomic mass is 19.1. The van der Waals surface area contributed by atoms with Crippen LogP contribution in [0.5, 0.6) is 11.5 Å². The third-order valence-corrected chi connectivity index (χ3v) is 9.37. The molecule has 0 spiro atoms. The number of nitrogens with one attached hydrogen (secondary N) is 2. The summed E-state index contributed by atoms with van der Waals surface area (Å²) in [6.45, 7) is 7.51. The van der Waals surface area contributed by atoms with Gasteiger partial charge in [0.05, 0.1) is 17.1 Å². The summed E-state index contributed by atoms with van der Waals surface area (Å²) in [6, 6.07) is 13.0. The number of benzene rings is 3. The molecule has 2 atom stereocenters. The molecule has 11 heteroatoms. The standard InChI is InChI=1S/C36H40FN5O5/c1-36(2,3)47-35(45)39-23-12-15-41(19-23)34(44)26-20-42-28-16-21-8-5-6-9-22(21)17-29(28)46-33-30(27(37)18-25(31(33)42)32(26)43)38-13-11-24-10-7-14-40(24)4/h5-6,8-9,16-18,20,23-24,38H,7,10-15,19H2,1-4H3,(H,39,45)/t23-,24?/m1/s1. The van der Waals surface area contributed by atoms with E-state index in [1.54, 1.807) is 36.4 Å². The zero-order chi connectivity index (χ0) is 33.0. The Morgan fingerprint density at radius 2 is 1.85 bits per heavy atom. The second-order valence-corrected chi connectivity index (χ2v) is 13.8. The Bertz CT molecular complexity index is 1970. The Balaban J connectivity index is 1.27. The van der Waals surface area contributed by atoms with Gasteiger partial charge in [0, 0.05) is 31.9 Å². The smallest absolute Gasteiger partial charge is 0.407 e. The summed E-state index contributed by atoms with van der Waals surface area (Å²) < 4.78 is 29.6. The molecular formula is C36H40FN5O5. The Hall–Kier alpha value is -4.64. The molecule has 0 radical (unpaired) electrons. The first-order valence-electron chi connectivity index (χ1n) is 16.3. The van der Waals surface area contributed by atoms with Gasteiger partial charge in [-0.3, -0.25) is 9.59 Å². The van der Waals surface area contributed by atoms with E-state index in [1.807, 2.05) is 36.4 Å². The molecule has 246 valence electrons. The molecule has 2 fully saturated rings. The van der Waals surface area contributed by atoms with Crippen molar-refractivity contribution in [1.82, 2.24) is 19.7 Å². The molecule has 10 nitrogen and oxygen atoms in total. The summed E-state index contributed by atoms with van der Waals surface area (Å²) in [6.07, 6.45) is 4.60. The maximum absolute atomic E-state index is 16.0. The van der Waals surface area contributed by atoms with E-state index in [4.69, 9.17) is 9.47 Å². The number of aromatic nitrogens is 1. The molecule has 1 unspecified atom stereocenters. The second-order valence-electron chi connectivity index (χ2n) is 13.8. The molecule has 4 aromatic rings. The number of ether oxygens (including phenoxy) is 2. The molecule has 0 aliphatic carbocycles. The molecule has 3 aliphatic rings. The van der Waals surface area contributed by atoms with E-state index in [9.17, 15) is 14.4 Å². The van der Waals surface area contributed by atoms with Crippen LogP contribution in [0.25, 0.3) is 27.4 Å². The number of hydrogen-bond donors (Lipinski definition) is 2. The van der Waals surface area contributed by atoms with Crippen molar-refractivity contribution in [3.8, 4) is 17.2 Å². The predicted molar refractivity (Wildman–Crippen MR) is 180 cm³/mol. The van der Waals surface area contributed by atoms with Gasteiger partial charge < -0.3 is 34.5 Å². The Morgan fingerprint density at radius 3 is 2.57 bits per heavy atom. The van der Waals surface area contributed by atoms with Gasteiger partial charge in [0.15, 0.2) is 17.3 Å². The van der Waals surface area contributed by atoms with Gasteiger partial charge in [0.2, 0.25) is 5.43 Å². The Morgan fingerprint density at radius 1 is 1.09 bits per heavy atom. The summed E-state index contributed by atoms with van der Waals surface area (Å²) in [7, 11) is 2.11. The maximum atomic E-state index is 16.0. The molecular weight excluding hydrogens is 601 g/mol. The lowest BCUT2D eigenvalue weighted by Gasteiger charge is -2.27. The van der Waals surface area contributed by atoms with Gasteiger partial charge in [0.25, 0.3) is 5.91 Å². The van der Waals surface area contributed by atoms with Gasteiger partial charge in [-0.15, -0.1) is 0 Å². The van der Waals surface area contributed by atoms with E-state index in [0.29, 0.717) is 42.5 Å². The Labute approximate surface area is 272 Å². The van der Waals surface area contributed by atoms with Crippen LogP contribution in [0.2, 0.25) is 0 Å². The Kier molecular flexibility index (Phi) is 7.82. The molecule has 7 rings (SSSR count). The number of likely N-dealkylation sites (tertiary alicyclic amines) is 2. The van der Waals surface area contributed by atoms with Crippen LogP contribution in [0.3, 0.4) is 0 Å². The molecule has 3 aromatic carbocycles. The van der Waals surface area contributed by atoms with Crippen molar-refractivity contribution in [2.45, 2.75) is 64.1 Å². The average Bonchev–Trinajstić information content (AvgIpc) is 3.66. The molecule has 0 saturated carbocycles. The van der Waals surface area contributed by atoms with Crippen molar-refractivity contribution in [1.29, 1.82) is 0 Å². The van der Waals surface area contributed by atoms with Crippen molar-refractivity contribution in [3.05, 3.63) is 70.3 Å². The molecule has 2 N–H and O–H groups in total. The minimum Gasteiger partial charge on any atom is -0.451 e. The van der Waals surface area contributed by atoms with Crippen LogP contribution in [0.4, 0.5) is 14.9 Å². The lowest BCUT2D eigenvalue weighted by atomic mass is 10.0. The minimum absolute atomic E-state index is 0.0610. The number of alkyl carbamates (subject to hydrolysis) is 1. The first-order valence-corrected chi connectivity index (χ1v) is 16.3.